The third-order valence-corrected chi connectivity index (χ3v) is 6.92. The average molecular weight is 517 g/mol. The standard InChI is InChI=1S/C24H20Cl3N5O2/c1-13-7-17(23(27)31-30-13)24(33)32-11-18(14(2)34-22-6-3-15(9-28)10-29-22)19(12-32)16-4-5-20(25)21(26)8-16/h3-8,10,14,18-19H,11-12H2,1-2H3. The number of hydrogen-bond donors (Lipinski definition) is 0. The van der Waals surface area contributed by atoms with Crippen LogP contribution in [0.2, 0.25) is 15.2 Å². The van der Waals surface area contributed by atoms with Crippen molar-refractivity contribution in [3.05, 3.63) is 80.2 Å². The molecule has 3 unspecified atom stereocenters. The van der Waals surface area contributed by atoms with Gasteiger partial charge in [-0.2, -0.15) is 10.4 Å². The number of amides is 1. The van der Waals surface area contributed by atoms with Crippen LogP contribution in [0.15, 0.2) is 42.6 Å². The number of likely N-dealkylation sites (tertiary alicyclic amines) is 1. The molecule has 1 aromatic carbocycles. The van der Waals surface area contributed by atoms with Crippen LogP contribution < -0.4 is 4.74 Å². The van der Waals surface area contributed by atoms with Crippen LogP contribution in [0, 0.1) is 24.2 Å². The van der Waals surface area contributed by atoms with Crippen molar-refractivity contribution in [1.29, 1.82) is 5.26 Å². The van der Waals surface area contributed by atoms with Crippen LogP contribution in [0.5, 0.6) is 5.88 Å². The molecule has 1 fully saturated rings. The van der Waals surface area contributed by atoms with E-state index >= 15 is 0 Å². The molecule has 3 atom stereocenters. The molecule has 0 N–H and O–H groups in total. The van der Waals surface area contributed by atoms with Gasteiger partial charge >= 0.3 is 0 Å². The summed E-state index contributed by atoms with van der Waals surface area (Å²) in [5.41, 5.74) is 2.32. The second-order valence-corrected chi connectivity index (χ2v) is 9.34. The molecule has 1 saturated heterocycles. The molecular formula is C24H20Cl3N5O2. The van der Waals surface area contributed by atoms with Gasteiger partial charge < -0.3 is 9.64 Å². The van der Waals surface area contributed by atoms with Crippen molar-refractivity contribution >= 4 is 40.7 Å². The minimum Gasteiger partial charge on any atom is -0.474 e. The Balaban J connectivity index is 1.63. The third kappa shape index (κ3) is 5.10. The molecule has 1 amide bonds. The van der Waals surface area contributed by atoms with E-state index in [4.69, 9.17) is 44.8 Å². The van der Waals surface area contributed by atoms with Gasteiger partial charge in [0.2, 0.25) is 5.88 Å². The van der Waals surface area contributed by atoms with Crippen molar-refractivity contribution in [3.8, 4) is 11.9 Å². The molecule has 0 spiro atoms. The fraction of sp³-hybridized carbons (Fsp3) is 0.292. The summed E-state index contributed by atoms with van der Waals surface area (Å²) in [5.74, 6) is 0.0375. The van der Waals surface area contributed by atoms with E-state index in [9.17, 15) is 4.79 Å². The van der Waals surface area contributed by atoms with E-state index < -0.39 is 0 Å². The Morgan fingerprint density at radius 2 is 1.94 bits per heavy atom. The zero-order valence-corrected chi connectivity index (χ0v) is 20.6. The number of rotatable bonds is 5. The topological polar surface area (TPSA) is 92.0 Å². The Kier molecular flexibility index (Phi) is 7.22. The lowest BCUT2D eigenvalue weighted by Gasteiger charge is -2.25. The summed E-state index contributed by atoms with van der Waals surface area (Å²) < 4.78 is 6.11. The first kappa shape index (κ1) is 24.2. The molecule has 0 bridgehead atoms. The predicted octanol–water partition coefficient (Wildman–Crippen LogP) is 5.34. The molecule has 3 aromatic rings. The molecule has 10 heteroatoms. The lowest BCUT2D eigenvalue weighted by Crippen LogP contribution is -2.32. The number of carbonyl (C=O) groups excluding carboxylic acids is 1. The van der Waals surface area contributed by atoms with Gasteiger partial charge in [0.15, 0.2) is 5.15 Å². The minimum absolute atomic E-state index is 0.0659. The number of nitrogens with zero attached hydrogens (tertiary/aromatic N) is 5. The molecule has 0 saturated carbocycles. The van der Waals surface area contributed by atoms with Crippen LogP contribution in [0.1, 0.15) is 40.0 Å². The Morgan fingerprint density at radius 3 is 2.62 bits per heavy atom. The van der Waals surface area contributed by atoms with Gasteiger partial charge in [-0.15, -0.1) is 5.10 Å². The van der Waals surface area contributed by atoms with Crippen LogP contribution >= 0.6 is 34.8 Å². The van der Waals surface area contributed by atoms with Gasteiger partial charge in [-0.3, -0.25) is 4.79 Å². The summed E-state index contributed by atoms with van der Waals surface area (Å²) in [6.45, 7) is 4.56. The number of aromatic nitrogens is 3. The minimum atomic E-state index is -0.300. The first-order valence-corrected chi connectivity index (χ1v) is 11.7. The summed E-state index contributed by atoms with van der Waals surface area (Å²) in [4.78, 5) is 19.3. The molecule has 0 radical (unpaired) electrons. The van der Waals surface area contributed by atoms with Crippen molar-refractivity contribution in [3.63, 3.8) is 0 Å². The van der Waals surface area contributed by atoms with Crippen LogP contribution in [0.25, 0.3) is 0 Å². The van der Waals surface area contributed by atoms with Crippen molar-refractivity contribution in [2.75, 3.05) is 13.1 Å². The molecule has 4 rings (SSSR count). The highest BCUT2D eigenvalue weighted by molar-refractivity contribution is 6.42. The van der Waals surface area contributed by atoms with Gasteiger partial charge in [-0.1, -0.05) is 40.9 Å². The van der Waals surface area contributed by atoms with Crippen molar-refractivity contribution in [2.24, 2.45) is 5.92 Å². The van der Waals surface area contributed by atoms with Crippen LogP contribution in [-0.4, -0.2) is 45.2 Å². The summed E-state index contributed by atoms with van der Waals surface area (Å²) in [6.07, 6.45) is 1.16. The maximum atomic E-state index is 13.4. The van der Waals surface area contributed by atoms with Crippen molar-refractivity contribution in [2.45, 2.75) is 25.9 Å². The lowest BCUT2D eigenvalue weighted by molar-refractivity contribution is 0.0769. The molecule has 0 aliphatic carbocycles. The van der Waals surface area contributed by atoms with E-state index in [2.05, 4.69) is 15.2 Å². The summed E-state index contributed by atoms with van der Waals surface area (Å²) in [7, 11) is 0. The van der Waals surface area contributed by atoms with Gasteiger partial charge in [0, 0.05) is 37.2 Å². The van der Waals surface area contributed by atoms with E-state index in [0.29, 0.717) is 45.8 Å². The summed E-state index contributed by atoms with van der Waals surface area (Å²) in [5, 5.41) is 17.7. The molecule has 7 nitrogen and oxygen atoms in total. The maximum Gasteiger partial charge on any atom is 0.257 e. The number of pyridine rings is 1. The number of benzene rings is 1. The van der Waals surface area contributed by atoms with Crippen molar-refractivity contribution < 1.29 is 9.53 Å². The first-order chi connectivity index (χ1) is 16.3. The SMILES string of the molecule is Cc1cc(C(=O)N2CC(c3ccc(Cl)c(Cl)c3)C(C(C)Oc3ccc(C#N)cn3)C2)c(Cl)nn1. The molecule has 34 heavy (non-hydrogen) atoms. The Labute approximate surface area is 212 Å². The molecule has 1 aliphatic rings. The second kappa shape index (κ2) is 10.1. The summed E-state index contributed by atoms with van der Waals surface area (Å²) >= 11 is 18.6. The van der Waals surface area contributed by atoms with E-state index in [0.717, 1.165) is 5.56 Å². The normalized spacial score (nSPS) is 18.4. The average Bonchev–Trinajstić information content (AvgIpc) is 3.28. The van der Waals surface area contributed by atoms with Crippen LogP contribution in [0.4, 0.5) is 0 Å². The van der Waals surface area contributed by atoms with Gasteiger partial charge in [0.1, 0.15) is 12.2 Å². The van der Waals surface area contributed by atoms with E-state index in [-0.39, 0.29) is 29.0 Å². The highest BCUT2D eigenvalue weighted by Gasteiger charge is 2.41. The van der Waals surface area contributed by atoms with Gasteiger partial charge in [0.25, 0.3) is 5.91 Å². The number of ether oxygens (including phenoxy) is 1. The van der Waals surface area contributed by atoms with E-state index in [1.165, 1.54) is 6.20 Å². The van der Waals surface area contributed by atoms with Gasteiger partial charge in [0.05, 0.1) is 26.9 Å². The Hall–Kier alpha value is -2.92. The highest BCUT2D eigenvalue weighted by Crippen LogP contribution is 2.39. The van der Waals surface area contributed by atoms with E-state index in [1.54, 1.807) is 36.1 Å². The van der Waals surface area contributed by atoms with Gasteiger partial charge in [-0.25, -0.2) is 4.98 Å². The second-order valence-electron chi connectivity index (χ2n) is 8.16. The lowest BCUT2D eigenvalue weighted by atomic mass is 9.86. The molecule has 174 valence electrons. The first-order valence-electron chi connectivity index (χ1n) is 10.5. The highest BCUT2D eigenvalue weighted by atomic mass is 35.5. The smallest absolute Gasteiger partial charge is 0.257 e. The van der Waals surface area contributed by atoms with Crippen LogP contribution in [0.3, 0.4) is 0 Å². The Morgan fingerprint density at radius 1 is 1.15 bits per heavy atom. The zero-order chi connectivity index (χ0) is 24.4. The van der Waals surface area contributed by atoms with Crippen LogP contribution in [-0.2, 0) is 0 Å². The third-order valence-electron chi connectivity index (χ3n) is 5.90. The molecule has 1 aliphatic heterocycles. The monoisotopic (exact) mass is 515 g/mol. The quantitative estimate of drug-likeness (QED) is 0.455. The largest absolute Gasteiger partial charge is 0.474 e. The molecule has 2 aromatic heterocycles. The number of aryl methyl sites for hydroxylation is 1. The predicted molar refractivity (Wildman–Crippen MR) is 129 cm³/mol. The number of hydrogen-bond acceptors (Lipinski definition) is 6. The fourth-order valence-corrected chi connectivity index (χ4v) is 4.63. The maximum absolute atomic E-state index is 13.4. The molecule has 3 heterocycles. The summed E-state index contributed by atoms with van der Waals surface area (Å²) in [6, 6.07) is 12.5. The Bertz CT molecular complexity index is 1260. The number of carbonyl (C=O) groups is 1. The molecular weight excluding hydrogens is 497 g/mol. The number of nitriles is 1. The van der Waals surface area contributed by atoms with Gasteiger partial charge in [-0.05, 0) is 43.7 Å². The fourth-order valence-electron chi connectivity index (χ4n) is 4.15. The number of halogens is 3. The zero-order valence-electron chi connectivity index (χ0n) is 18.4. The van der Waals surface area contributed by atoms with E-state index in [1.807, 2.05) is 25.1 Å². The van der Waals surface area contributed by atoms with Crippen molar-refractivity contribution in [1.82, 2.24) is 20.1 Å².